The predicted octanol–water partition coefficient (Wildman–Crippen LogP) is 3.21. The van der Waals surface area contributed by atoms with Crippen LogP contribution in [0.5, 0.6) is 0 Å². The van der Waals surface area contributed by atoms with E-state index in [-0.39, 0.29) is 12.4 Å². The zero-order chi connectivity index (χ0) is 22.6. The standard InChI is InChI=1S/C22H26N4O4S/c1-5-19(26(31(4,28)29)18-12-11-15(2)16(3)13-18)22(27)23-14-20-24-21(25-30-20)17-9-7-6-8-10-17/h6-13,19H,5,14H2,1-4H3,(H,23,27)/t19-/m0/s1. The SMILES string of the molecule is CC[C@@H](C(=O)NCc1nc(-c2ccccc2)no1)N(c1ccc(C)c(C)c1)S(C)(=O)=O. The molecule has 0 saturated heterocycles. The van der Waals surface area contributed by atoms with Crippen LogP contribution in [0.4, 0.5) is 5.69 Å². The zero-order valence-corrected chi connectivity index (χ0v) is 18.8. The summed E-state index contributed by atoms with van der Waals surface area (Å²) in [4.78, 5) is 17.2. The van der Waals surface area contributed by atoms with Crippen LogP contribution in [0.1, 0.15) is 30.4 Å². The maximum Gasteiger partial charge on any atom is 0.246 e. The molecule has 9 heteroatoms. The topological polar surface area (TPSA) is 105 Å². The second-order valence-corrected chi connectivity index (χ2v) is 9.21. The van der Waals surface area contributed by atoms with Gasteiger partial charge in [0.1, 0.15) is 6.04 Å². The van der Waals surface area contributed by atoms with Gasteiger partial charge >= 0.3 is 0 Å². The molecular formula is C22H26N4O4S. The number of carbonyl (C=O) groups excluding carboxylic acids is 1. The average Bonchev–Trinajstić information content (AvgIpc) is 3.21. The van der Waals surface area contributed by atoms with Crippen LogP contribution in [-0.4, -0.2) is 36.8 Å². The molecule has 1 atom stereocenters. The Labute approximate surface area is 182 Å². The number of rotatable bonds is 8. The number of hydrogen-bond donors (Lipinski definition) is 1. The minimum Gasteiger partial charge on any atom is -0.345 e. The Morgan fingerprint density at radius 3 is 2.45 bits per heavy atom. The molecule has 1 aromatic heterocycles. The summed E-state index contributed by atoms with van der Waals surface area (Å²) in [5.74, 6) is 0.217. The Hall–Kier alpha value is -3.20. The van der Waals surface area contributed by atoms with Crippen molar-refractivity contribution in [3.63, 3.8) is 0 Å². The summed E-state index contributed by atoms with van der Waals surface area (Å²) in [6.07, 6.45) is 1.40. The third-order valence-electron chi connectivity index (χ3n) is 4.99. The van der Waals surface area contributed by atoms with Gasteiger partial charge in [-0.05, 0) is 43.5 Å². The van der Waals surface area contributed by atoms with Crippen molar-refractivity contribution in [1.29, 1.82) is 0 Å². The van der Waals surface area contributed by atoms with Gasteiger partial charge in [0.2, 0.25) is 27.6 Å². The molecule has 1 N–H and O–H groups in total. The number of benzene rings is 2. The second kappa shape index (κ2) is 9.30. The number of sulfonamides is 1. The number of carbonyl (C=O) groups is 1. The summed E-state index contributed by atoms with van der Waals surface area (Å²) >= 11 is 0. The quantitative estimate of drug-likeness (QED) is 0.574. The molecule has 8 nitrogen and oxygen atoms in total. The largest absolute Gasteiger partial charge is 0.345 e. The van der Waals surface area contributed by atoms with Crippen molar-refractivity contribution >= 4 is 21.6 Å². The van der Waals surface area contributed by atoms with E-state index in [0.29, 0.717) is 17.9 Å². The first-order valence-corrected chi connectivity index (χ1v) is 11.8. The minimum atomic E-state index is -3.70. The van der Waals surface area contributed by atoms with Gasteiger partial charge in [-0.25, -0.2) is 8.42 Å². The fourth-order valence-electron chi connectivity index (χ4n) is 3.23. The summed E-state index contributed by atoms with van der Waals surface area (Å²) in [6, 6.07) is 13.8. The molecule has 3 rings (SSSR count). The van der Waals surface area contributed by atoms with Gasteiger partial charge in [-0.1, -0.05) is 48.5 Å². The van der Waals surface area contributed by atoms with Gasteiger partial charge in [0.15, 0.2) is 0 Å². The number of aryl methyl sites for hydroxylation is 2. The zero-order valence-electron chi connectivity index (χ0n) is 18.0. The molecule has 1 heterocycles. The maximum atomic E-state index is 12.9. The van der Waals surface area contributed by atoms with Crippen LogP contribution in [-0.2, 0) is 21.4 Å². The Morgan fingerprint density at radius 2 is 1.84 bits per heavy atom. The van der Waals surface area contributed by atoms with Crippen LogP contribution >= 0.6 is 0 Å². The molecule has 0 spiro atoms. The highest BCUT2D eigenvalue weighted by molar-refractivity contribution is 7.92. The van der Waals surface area contributed by atoms with Crippen LogP contribution in [0.3, 0.4) is 0 Å². The molecule has 0 fully saturated rings. The van der Waals surface area contributed by atoms with E-state index in [1.165, 1.54) is 0 Å². The first-order chi connectivity index (χ1) is 14.7. The summed E-state index contributed by atoms with van der Waals surface area (Å²) in [6.45, 7) is 5.62. The molecule has 1 amide bonds. The van der Waals surface area contributed by atoms with Crippen LogP contribution in [0.2, 0.25) is 0 Å². The second-order valence-electron chi connectivity index (χ2n) is 7.35. The van der Waals surface area contributed by atoms with Gasteiger partial charge in [0.25, 0.3) is 0 Å². The average molecular weight is 443 g/mol. The van der Waals surface area contributed by atoms with Gasteiger partial charge < -0.3 is 9.84 Å². The van der Waals surface area contributed by atoms with Gasteiger partial charge in [-0.3, -0.25) is 9.10 Å². The predicted molar refractivity (Wildman–Crippen MR) is 119 cm³/mol. The van der Waals surface area contributed by atoms with Crippen molar-refractivity contribution in [2.24, 2.45) is 0 Å². The van der Waals surface area contributed by atoms with Gasteiger partial charge in [0.05, 0.1) is 18.5 Å². The van der Waals surface area contributed by atoms with Crippen molar-refractivity contribution in [2.75, 3.05) is 10.6 Å². The molecule has 0 aliphatic rings. The fraction of sp³-hybridized carbons (Fsp3) is 0.318. The number of nitrogens with zero attached hydrogens (tertiary/aromatic N) is 3. The Balaban J connectivity index is 1.78. The molecule has 0 unspecified atom stereocenters. The number of amides is 1. The first kappa shape index (κ1) is 22.5. The van der Waals surface area contributed by atoms with Crippen molar-refractivity contribution in [3.05, 3.63) is 65.5 Å². The van der Waals surface area contributed by atoms with E-state index < -0.39 is 22.0 Å². The fourth-order valence-corrected chi connectivity index (χ4v) is 4.44. The van der Waals surface area contributed by atoms with Crippen LogP contribution < -0.4 is 9.62 Å². The number of anilines is 1. The highest BCUT2D eigenvalue weighted by Crippen LogP contribution is 2.25. The molecule has 31 heavy (non-hydrogen) atoms. The molecule has 0 saturated carbocycles. The highest BCUT2D eigenvalue weighted by atomic mass is 32.2. The molecule has 0 bridgehead atoms. The third-order valence-corrected chi connectivity index (χ3v) is 6.17. The smallest absolute Gasteiger partial charge is 0.246 e. The molecule has 0 radical (unpaired) electrons. The molecular weight excluding hydrogens is 416 g/mol. The summed E-state index contributed by atoms with van der Waals surface area (Å²) in [5, 5.41) is 6.65. The third kappa shape index (κ3) is 5.29. The van der Waals surface area contributed by atoms with E-state index in [9.17, 15) is 13.2 Å². The van der Waals surface area contributed by atoms with Crippen LogP contribution in [0, 0.1) is 13.8 Å². The van der Waals surface area contributed by atoms with Gasteiger partial charge in [-0.2, -0.15) is 4.98 Å². The molecule has 0 aliphatic carbocycles. The van der Waals surface area contributed by atoms with Crippen LogP contribution in [0.25, 0.3) is 11.4 Å². The number of aromatic nitrogens is 2. The van der Waals surface area contributed by atoms with E-state index in [2.05, 4.69) is 15.5 Å². The van der Waals surface area contributed by atoms with Crippen molar-refractivity contribution in [2.45, 2.75) is 39.8 Å². The molecule has 3 aromatic rings. The lowest BCUT2D eigenvalue weighted by Gasteiger charge is -2.30. The molecule has 0 aliphatic heterocycles. The van der Waals surface area contributed by atoms with E-state index in [0.717, 1.165) is 27.3 Å². The first-order valence-electron chi connectivity index (χ1n) is 9.93. The Morgan fingerprint density at radius 1 is 1.13 bits per heavy atom. The highest BCUT2D eigenvalue weighted by Gasteiger charge is 2.31. The monoisotopic (exact) mass is 442 g/mol. The van der Waals surface area contributed by atoms with Gasteiger partial charge in [0, 0.05) is 5.56 Å². The lowest BCUT2D eigenvalue weighted by atomic mass is 10.1. The van der Waals surface area contributed by atoms with E-state index >= 15 is 0 Å². The summed E-state index contributed by atoms with van der Waals surface area (Å²) < 4.78 is 31.5. The van der Waals surface area contributed by atoms with Crippen molar-refractivity contribution in [3.8, 4) is 11.4 Å². The summed E-state index contributed by atoms with van der Waals surface area (Å²) in [5.41, 5.74) is 3.24. The number of hydrogen-bond acceptors (Lipinski definition) is 6. The summed E-state index contributed by atoms with van der Waals surface area (Å²) in [7, 11) is -3.70. The molecule has 164 valence electrons. The Kier molecular flexibility index (Phi) is 6.74. The van der Waals surface area contributed by atoms with Crippen LogP contribution in [0.15, 0.2) is 53.1 Å². The van der Waals surface area contributed by atoms with Crippen molar-refractivity contribution in [1.82, 2.24) is 15.5 Å². The normalized spacial score (nSPS) is 12.4. The lowest BCUT2D eigenvalue weighted by Crippen LogP contribution is -2.49. The minimum absolute atomic E-state index is 0.000303. The lowest BCUT2D eigenvalue weighted by molar-refractivity contribution is -0.122. The number of nitrogens with one attached hydrogen (secondary N) is 1. The van der Waals surface area contributed by atoms with E-state index in [1.54, 1.807) is 19.1 Å². The molecule has 2 aromatic carbocycles. The van der Waals surface area contributed by atoms with E-state index in [4.69, 9.17) is 4.52 Å². The Bertz CT molecular complexity index is 1160. The van der Waals surface area contributed by atoms with Crippen molar-refractivity contribution < 1.29 is 17.7 Å². The van der Waals surface area contributed by atoms with E-state index in [1.807, 2.05) is 50.2 Å². The maximum absolute atomic E-state index is 12.9. The van der Waals surface area contributed by atoms with Gasteiger partial charge in [-0.15, -0.1) is 0 Å².